The molecule has 0 amide bonds. The number of rotatable bonds is 12. The summed E-state index contributed by atoms with van der Waals surface area (Å²) in [5.74, 6) is -0.438. The quantitative estimate of drug-likeness (QED) is 0.242. The number of carboxylic acids is 1. The van der Waals surface area contributed by atoms with Crippen molar-refractivity contribution in [3.8, 4) is 6.07 Å². The number of benzene rings is 2. The number of aliphatic carboxylic acids is 1. The van der Waals surface area contributed by atoms with E-state index in [-0.39, 0.29) is 30.9 Å². The molecule has 8 nitrogen and oxygen atoms in total. The van der Waals surface area contributed by atoms with E-state index in [1.54, 1.807) is 18.1 Å². The number of hydrogen-bond donors (Lipinski definition) is 1. The first-order chi connectivity index (χ1) is 19.6. The van der Waals surface area contributed by atoms with Gasteiger partial charge in [-0.3, -0.25) is 9.48 Å². The van der Waals surface area contributed by atoms with Gasteiger partial charge in [0.2, 0.25) is 5.95 Å². The molecule has 1 aromatic heterocycles. The Bertz CT molecular complexity index is 1420. The van der Waals surface area contributed by atoms with Crippen molar-refractivity contribution in [2.45, 2.75) is 71.1 Å². The van der Waals surface area contributed by atoms with Gasteiger partial charge in [0.1, 0.15) is 6.33 Å². The van der Waals surface area contributed by atoms with Crippen LogP contribution in [0.1, 0.15) is 72.4 Å². The van der Waals surface area contributed by atoms with Gasteiger partial charge in [0.25, 0.3) is 0 Å². The smallest absolute Gasteiger partial charge is 0.416 e. The van der Waals surface area contributed by atoms with Gasteiger partial charge in [-0.2, -0.15) is 18.4 Å². The summed E-state index contributed by atoms with van der Waals surface area (Å²) >= 11 is 0. The highest BCUT2D eigenvalue weighted by Crippen LogP contribution is 2.34. The van der Waals surface area contributed by atoms with E-state index in [1.807, 2.05) is 11.0 Å². The SMILES string of the molecule is CCN(CCCCC(=O)O)c1cc2c(cc1CN(Cc1cc(C#N)cc(C(F)(F)F)c1)c1ncn(C)n1)CCCC2.Cl. The number of nitriles is 1. The molecule has 0 atom stereocenters. The van der Waals surface area contributed by atoms with E-state index in [4.69, 9.17) is 5.11 Å². The molecular formula is C30H36ClF3N6O2. The number of nitrogens with zero attached hydrogens (tertiary/aromatic N) is 6. The summed E-state index contributed by atoms with van der Waals surface area (Å²) in [6.07, 6.45) is 2.57. The van der Waals surface area contributed by atoms with Crippen molar-refractivity contribution in [2.75, 3.05) is 22.9 Å². The zero-order chi connectivity index (χ0) is 29.6. The van der Waals surface area contributed by atoms with Gasteiger partial charge >= 0.3 is 12.1 Å². The second-order valence-corrected chi connectivity index (χ2v) is 10.5. The standard InChI is InChI=1S/C30H35F3N6O2.ClH/c1-3-38(11-7-6-10-28(40)41)27-16-24-9-5-4-8-23(24)15-25(27)19-39(29-35-20-37(2)36-29)18-22-12-21(17-34)13-26(14-22)30(31,32)33;/h12-16,20H,3-11,18-19H2,1-2H3,(H,40,41);1H. The molecule has 0 aliphatic heterocycles. The van der Waals surface area contributed by atoms with Crippen molar-refractivity contribution in [1.82, 2.24) is 14.8 Å². The molecule has 0 bridgehead atoms. The average Bonchev–Trinajstić information content (AvgIpc) is 3.38. The summed E-state index contributed by atoms with van der Waals surface area (Å²) < 4.78 is 42.4. The van der Waals surface area contributed by atoms with Crippen molar-refractivity contribution >= 4 is 30.0 Å². The predicted molar refractivity (Wildman–Crippen MR) is 157 cm³/mol. The summed E-state index contributed by atoms with van der Waals surface area (Å²) in [6, 6.07) is 9.68. The molecule has 1 N–H and O–H groups in total. The normalized spacial score (nSPS) is 12.7. The Kier molecular flexibility index (Phi) is 11.2. The zero-order valence-corrected chi connectivity index (χ0v) is 24.6. The number of aryl methyl sites for hydroxylation is 3. The minimum atomic E-state index is -4.58. The van der Waals surface area contributed by atoms with E-state index in [0.29, 0.717) is 31.0 Å². The van der Waals surface area contributed by atoms with Gasteiger partial charge in [-0.1, -0.05) is 6.07 Å². The van der Waals surface area contributed by atoms with Crippen LogP contribution in [0.15, 0.2) is 36.7 Å². The highest BCUT2D eigenvalue weighted by molar-refractivity contribution is 5.85. The molecule has 4 rings (SSSR count). The Morgan fingerprint density at radius 2 is 1.79 bits per heavy atom. The molecule has 2 aromatic carbocycles. The maximum absolute atomic E-state index is 13.6. The number of halogens is 4. The van der Waals surface area contributed by atoms with Crippen molar-refractivity contribution in [2.24, 2.45) is 7.05 Å². The molecule has 0 saturated heterocycles. The van der Waals surface area contributed by atoms with E-state index in [2.05, 4.69) is 34.0 Å². The third-order valence-corrected chi connectivity index (χ3v) is 7.39. The van der Waals surface area contributed by atoms with Gasteiger partial charge in [0.05, 0.1) is 17.2 Å². The first-order valence-electron chi connectivity index (χ1n) is 13.9. The number of anilines is 2. The fraction of sp³-hybridized carbons (Fsp3) is 0.467. The molecule has 0 fully saturated rings. The Balaban J connectivity index is 0.00000484. The van der Waals surface area contributed by atoms with E-state index in [1.165, 1.54) is 17.2 Å². The zero-order valence-electron chi connectivity index (χ0n) is 23.8. The molecule has 0 spiro atoms. The lowest BCUT2D eigenvalue weighted by atomic mass is 9.89. The predicted octanol–water partition coefficient (Wildman–Crippen LogP) is 6.29. The first-order valence-corrected chi connectivity index (χ1v) is 13.9. The van der Waals surface area contributed by atoms with Gasteiger partial charge in [0.15, 0.2) is 0 Å². The van der Waals surface area contributed by atoms with Crippen LogP contribution in [-0.4, -0.2) is 38.9 Å². The molecule has 1 aliphatic carbocycles. The van der Waals surface area contributed by atoms with Crippen LogP contribution in [0.5, 0.6) is 0 Å². The minimum absolute atomic E-state index is 0. The van der Waals surface area contributed by atoms with Crippen LogP contribution in [0.25, 0.3) is 0 Å². The number of carbonyl (C=O) groups is 1. The summed E-state index contributed by atoms with van der Waals surface area (Å²) in [5, 5.41) is 22.9. The van der Waals surface area contributed by atoms with Crippen LogP contribution in [0, 0.1) is 11.3 Å². The molecular weight excluding hydrogens is 569 g/mol. The fourth-order valence-corrected chi connectivity index (χ4v) is 5.38. The van der Waals surface area contributed by atoms with Gasteiger partial charge in [0, 0.05) is 45.3 Å². The van der Waals surface area contributed by atoms with Crippen molar-refractivity contribution in [3.63, 3.8) is 0 Å². The third-order valence-electron chi connectivity index (χ3n) is 7.39. The molecule has 0 unspecified atom stereocenters. The van der Waals surface area contributed by atoms with Crippen LogP contribution in [0.4, 0.5) is 24.8 Å². The Labute approximate surface area is 250 Å². The second kappa shape index (κ2) is 14.4. The van der Waals surface area contributed by atoms with E-state index < -0.39 is 17.7 Å². The average molecular weight is 605 g/mol. The maximum Gasteiger partial charge on any atom is 0.416 e. The molecule has 3 aromatic rings. The number of alkyl halides is 3. The third kappa shape index (κ3) is 8.38. The molecule has 0 saturated carbocycles. The number of carboxylic acid groups (broad SMARTS) is 1. The molecule has 12 heteroatoms. The first kappa shape index (κ1) is 32.7. The molecule has 1 aliphatic rings. The highest BCUT2D eigenvalue weighted by Gasteiger charge is 2.31. The lowest BCUT2D eigenvalue weighted by Gasteiger charge is -2.31. The summed E-state index contributed by atoms with van der Waals surface area (Å²) in [7, 11) is 1.73. The minimum Gasteiger partial charge on any atom is -0.481 e. The van der Waals surface area contributed by atoms with Crippen LogP contribution < -0.4 is 9.80 Å². The van der Waals surface area contributed by atoms with Gasteiger partial charge in [-0.05, 0) is 92.0 Å². The lowest BCUT2D eigenvalue weighted by molar-refractivity contribution is -0.138. The number of aromatic nitrogens is 3. The molecule has 42 heavy (non-hydrogen) atoms. The van der Waals surface area contributed by atoms with Crippen LogP contribution in [-0.2, 0) is 43.9 Å². The topological polar surface area (TPSA) is 98.3 Å². The monoisotopic (exact) mass is 604 g/mol. The maximum atomic E-state index is 13.6. The Morgan fingerprint density at radius 1 is 1.07 bits per heavy atom. The number of fused-ring (bicyclic) bond motifs is 1. The van der Waals surface area contributed by atoms with Gasteiger partial charge in [-0.25, -0.2) is 4.98 Å². The van der Waals surface area contributed by atoms with E-state index in [9.17, 15) is 23.2 Å². The van der Waals surface area contributed by atoms with Gasteiger partial charge < -0.3 is 14.9 Å². The van der Waals surface area contributed by atoms with E-state index >= 15 is 0 Å². The van der Waals surface area contributed by atoms with Crippen molar-refractivity contribution in [3.05, 3.63) is 70.0 Å². The summed E-state index contributed by atoms with van der Waals surface area (Å²) in [4.78, 5) is 19.5. The second-order valence-electron chi connectivity index (χ2n) is 10.5. The van der Waals surface area contributed by atoms with E-state index in [0.717, 1.165) is 62.0 Å². The molecule has 226 valence electrons. The van der Waals surface area contributed by atoms with Crippen LogP contribution in [0.2, 0.25) is 0 Å². The molecule has 1 heterocycles. The van der Waals surface area contributed by atoms with Crippen LogP contribution in [0.3, 0.4) is 0 Å². The Morgan fingerprint density at radius 3 is 2.38 bits per heavy atom. The largest absolute Gasteiger partial charge is 0.481 e. The lowest BCUT2D eigenvalue weighted by Crippen LogP contribution is -2.29. The number of hydrogen-bond acceptors (Lipinski definition) is 6. The number of unbranched alkanes of at least 4 members (excludes halogenated alkanes) is 1. The Hall–Kier alpha value is -3.78. The summed E-state index contributed by atoms with van der Waals surface area (Å²) in [5.41, 5.74) is 4.03. The fourth-order valence-electron chi connectivity index (χ4n) is 5.38. The molecule has 0 radical (unpaired) electrons. The van der Waals surface area contributed by atoms with Gasteiger partial charge in [-0.15, -0.1) is 17.5 Å². The van der Waals surface area contributed by atoms with Crippen LogP contribution >= 0.6 is 12.4 Å². The van der Waals surface area contributed by atoms with Crippen molar-refractivity contribution < 1.29 is 23.1 Å². The van der Waals surface area contributed by atoms with Crippen molar-refractivity contribution in [1.29, 1.82) is 5.26 Å². The summed E-state index contributed by atoms with van der Waals surface area (Å²) in [6.45, 7) is 3.89. The highest BCUT2D eigenvalue weighted by atomic mass is 35.5.